The highest BCUT2D eigenvalue weighted by Crippen LogP contribution is 2.30. The van der Waals surface area contributed by atoms with Gasteiger partial charge in [0, 0.05) is 16.3 Å². The highest BCUT2D eigenvalue weighted by Gasteiger charge is 2.24. The van der Waals surface area contributed by atoms with Crippen LogP contribution in [0.4, 0.5) is 11.4 Å². The molecule has 166 valence electrons. The van der Waals surface area contributed by atoms with E-state index in [0.29, 0.717) is 37.8 Å². The Morgan fingerprint density at radius 3 is 2.70 bits per heavy atom. The molecule has 4 rings (SSSR count). The Balaban J connectivity index is 1.44. The van der Waals surface area contributed by atoms with Crippen LogP contribution < -0.4 is 15.4 Å². The molecule has 2 amide bonds. The van der Waals surface area contributed by atoms with Gasteiger partial charge in [-0.2, -0.15) is 0 Å². The average molecular weight is 478 g/mol. The molecule has 6 nitrogen and oxygen atoms in total. The lowest BCUT2D eigenvalue weighted by molar-refractivity contribution is -0.118. The number of para-hydroxylation sites is 1. The summed E-state index contributed by atoms with van der Waals surface area (Å²) in [5.74, 6) is -0.0194. The molecule has 0 atom stereocenters. The maximum atomic E-state index is 12.4. The van der Waals surface area contributed by atoms with Crippen molar-refractivity contribution in [2.45, 2.75) is 6.92 Å². The minimum atomic E-state index is -0.270. The number of aliphatic imine (C=N–C) groups is 1. The first kappa shape index (κ1) is 22.6. The molecule has 0 bridgehead atoms. The number of hydrogen-bond donors (Lipinski definition) is 2. The number of hydrogen-bond acceptors (Lipinski definition) is 5. The van der Waals surface area contributed by atoms with Gasteiger partial charge in [0.05, 0.1) is 10.6 Å². The van der Waals surface area contributed by atoms with Gasteiger partial charge in [-0.3, -0.25) is 9.59 Å². The van der Waals surface area contributed by atoms with Crippen LogP contribution >= 0.6 is 23.4 Å². The largest absolute Gasteiger partial charge is 0.483 e. The van der Waals surface area contributed by atoms with Crippen molar-refractivity contribution in [2.24, 2.45) is 4.99 Å². The topological polar surface area (TPSA) is 79.8 Å². The van der Waals surface area contributed by atoms with Crippen LogP contribution in [0.15, 0.2) is 82.7 Å². The molecule has 0 saturated carbocycles. The maximum Gasteiger partial charge on any atom is 0.264 e. The number of benzene rings is 3. The Labute approximate surface area is 200 Å². The molecule has 3 aromatic rings. The molecular weight excluding hydrogens is 458 g/mol. The normalized spacial score (nSPS) is 15.5. The fraction of sp³-hybridized carbons (Fsp3) is 0.0800. The number of halogens is 1. The van der Waals surface area contributed by atoms with E-state index in [2.05, 4.69) is 15.6 Å². The summed E-state index contributed by atoms with van der Waals surface area (Å²) in [5.41, 5.74) is 3.14. The van der Waals surface area contributed by atoms with Crippen LogP contribution in [0.25, 0.3) is 6.08 Å². The van der Waals surface area contributed by atoms with Crippen molar-refractivity contribution >= 4 is 57.8 Å². The number of ether oxygens (including phenoxy) is 1. The first-order chi connectivity index (χ1) is 16.0. The zero-order valence-electron chi connectivity index (χ0n) is 17.7. The van der Waals surface area contributed by atoms with Crippen LogP contribution in [0.2, 0.25) is 5.02 Å². The number of amidine groups is 1. The lowest BCUT2D eigenvalue weighted by atomic mass is 10.2. The lowest BCUT2D eigenvalue weighted by Crippen LogP contribution is -2.20. The number of aryl methyl sites for hydroxylation is 1. The zero-order valence-corrected chi connectivity index (χ0v) is 19.2. The molecule has 3 aromatic carbocycles. The van der Waals surface area contributed by atoms with Crippen molar-refractivity contribution in [2.75, 3.05) is 11.9 Å². The molecule has 1 heterocycles. The Hall–Kier alpha value is -3.55. The minimum absolute atomic E-state index is 0.156. The van der Waals surface area contributed by atoms with Gasteiger partial charge in [-0.15, -0.1) is 0 Å². The van der Waals surface area contributed by atoms with Crippen LogP contribution in [0.1, 0.15) is 11.1 Å². The predicted molar refractivity (Wildman–Crippen MR) is 134 cm³/mol. The van der Waals surface area contributed by atoms with Crippen LogP contribution in [0.5, 0.6) is 5.75 Å². The standard InChI is InChI=1S/C25H20ClN3O3S/c1-16-5-4-7-20(13-16)27-23(30)15-32-21-8-3-2-6-17(21)14-22-24(31)29-25(33-22)28-19-11-9-18(26)10-12-19/h2-14H,15H2,1H3,(H,27,30)(H,28,29,31)/b22-14-. The van der Waals surface area contributed by atoms with Gasteiger partial charge < -0.3 is 15.4 Å². The van der Waals surface area contributed by atoms with Crippen LogP contribution in [-0.4, -0.2) is 23.6 Å². The summed E-state index contributed by atoms with van der Waals surface area (Å²) in [5, 5.41) is 6.66. The molecule has 8 heteroatoms. The molecule has 0 aliphatic carbocycles. The van der Waals surface area contributed by atoms with Crippen molar-refractivity contribution in [3.05, 3.63) is 93.9 Å². The molecule has 2 N–H and O–H groups in total. The molecule has 0 aromatic heterocycles. The van der Waals surface area contributed by atoms with Gasteiger partial charge in [-0.1, -0.05) is 41.9 Å². The third kappa shape index (κ3) is 6.25. The number of nitrogens with one attached hydrogen (secondary N) is 2. The molecule has 0 unspecified atom stereocenters. The third-order valence-electron chi connectivity index (χ3n) is 4.57. The summed E-state index contributed by atoms with van der Waals surface area (Å²) in [6.07, 6.45) is 1.72. The van der Waals surface area contributed by atoms with Crippen molar-refractivity contribution < 1.29 is 14.3 Å². The van der Waals surface area contributed by atoms with E-state index < -0.39 is 0 Å². The second-order valence-corrected chi connectivity index (χ2v) is 8.67. The number of anilines is 1. The quantitative estimate of drug-likeness (QED) is 0.456. The first-order valence-electron chi connectivity index (χ1n) is 10.1. The second-order valence-electron chi connectivity index (χ2n) is 7.20. The maximum absolute atomic E-state index is 12.4. The SMILES string of the molecule is Cc1cccc(NC(=O)COc2ccccc2/C=C2\SC(=Nc3ccc(Cl)cc3)NC2=O)c1. The Kier molecular flexibility index (Phi) is 7.12. The number of nitrogens with zero attached hydrogens (tertiary/aromatic N) is 1. The monoisotopic (exact) mass is 477 g/mol. The van der Waals surface area contributed by atoms with Gasteiger partial charge in [0.25, 0.3) is 11.8 Å². The highest BCUT2D eigenvalue weighted by atomic mass is 35.5. The fourth-order valence-electron chi connectivity index (χ4n) is 3.05. The van der Waals surface area contributed by atoms with E-state index in [-0.39, 0.29) is 18.4 Å². The van der Waals surface area contributed by atoms with Crippen molar-refractivity contribution in [1.82, 2.24) is 5.32 Å². The van der Waals surface area contributed by atoms with E-state index in [9.17, 15) is 9.59 Å². The zero-order chi connectivity index (χ0) is 23.2. The molecule has 0 spiro atoms. The van der Waals surface area contributed by atoms with Crippen LogP contribution in [0.3, 0.4) is 0 Å². The number of thioether (sulfide) groups is 1. The number of carbonyl (C=O) groups excluding carboxylic acids is 2. The summed E-state index contributed by atoms with van der Waals surface area (Å²) in [4.78, 5) is 29.6. The highest BCUT2D eigenvalue weighted by molar-refractivity contribution is 8.18. The van der Waals surface area contributed by atoms with Gasteiger partial charge in [-0.25, -0.2) is 4.99 Å². The van der Waals surface area contributed by atoms with Crippen molar-refractivity contribution in [3.8, 4) is 5.75 Å². The summed E-state index contributed by atoms with van der Waals surface area (Å²) in [6, 6.07) is 21.8. The third-order valence-corrected chi connectivity index (χ3v) is 5.74. The molecule has 1 aliphatic heterocycles. The molecular formula is C25H20ClN3O3S. The van der Waals surface area contributed by atoms with E-state index in [1.807, 2.05) is 49.4 Å². The van der Waals surface area contributed by atoms with Gasteiger partial charge in [-0.05, 0) is 72.8 Å². The summed E-state index contributed by atoms with van der Waals surface area (Å²) >= 11 is 7.13. The van der Waals surface area contributed by atoms with Crippen LogP contribution in [-0.2, 0) is 9.59 Å². The van der Waals surface area contributed by atoms with Crippen molar-refractivity contribution in [3.63, 3.8) is 0 Å². The van der Waals surface area contributed by atoms with Gasteiger partial charge >= 0.3 is 0 Å². The van der Waals surface area contributed by atoms with E-state index in [1.165, 1.54) is 11.8 Å². The first-order valence-corrected chi connectivity index (χ1v) is 11.3. The van der Waals surface area contributed by atoms with Gasteiger partial charge in [0.15, 0.2) is 11.8 Å². The second kappa shape index (κ2) is 10.4. The molecule has 1 saturated heterocycles. The molecule has 1 fully saturated rings. The van der Waals surface area contributed by atoms with Gasteiger partial charge in [0.1, 0.15) is 5.75 Å². The summed E-state index contributed by atoms with van der Waals surface area (Å²) in [7, 11) is 0. The smallest absolute Gasteiger partial charge is 0.264 e. The molecule has 33 heavy (non-hydrogen) atoms. The fourth-order valence-corrected chi connectivity index (χ4v) is 4.01. The number of carbonyl (C=O) groups is 2. The number of rotatable bonds is 6. The predicted octanol–water partition coefficient (Wildman–Crippen LogP) is 5.56. The van der Waals surface area contributed by atoms with E-state index >= 15 is 0 Å². The molecule has 0 radical (unpaired) electrons. The Morgan fingerprint density at radius 1 is 1.12 bits per heavy atom. The van der Waals surface area contributed by atoms with E-state index in [1.54, 1.807) is 36.4 Å². The summed E-state index contributed by atoms with van der Waals surface area (Å²) < 4.78 is 5.74. The van der Waals surface area contributed by atoms with Crippen LogP contribution in [0, 0.1) is 6.92 Å². The number of amides is 2. The molecule has 1 aliphatic rings. The van der Waals surface area contributed by atoms with E-state index in [0.717, 1.165) is 5.56 Å². The average Bonchev–Trinajstić information content (AvgIpc) is 3.13. The van der Waals surface area contributed by atoms with Crippen molar-refractivity contribution in [1.29, 1.82) is 0 Å². The Bertz CT molecular complexity index is 1260. The van der Waals surface area contributed by atoms with E-state index in [4.69, 9.17) is 16.3 Å². The Morgan fingerprint density at radius 2 is 1.91 bits per heavy atom. The lowest BCUT2D eigenvalue weighted by Gasteiger charge is -2.10. The van der Waals surface area contributed by atoms with Gasteiger partial charge in [0.2, 0.25) is 0 Å². The minimum Gasteiger partial charge on any atom is -0.483 e. The summed E-state index contributed by atoms with van der Waals surface area (Å²) in [6.45, 7) is 1.80.